The van der Waals surface area contributed by atoms with Crippen molar-refractivity contribution in [1.29, 1.82) is 0 Å². The van der Waals surface area contributed by atoms with Crippen LogP contribution in [0.25, 0.3) is 0 Å². The Bertz CT molecular complexity index is 585. The highest BCUT2D eigenvalue weighted by molar-refractivity contribution is 7.10. The second-order valence-electron chi connectivity index (χ2n) is 5.63. The van der Waals surface area contributed by atoms with Crippen LogP contribution in [0.4, 0.5) is 0 Å². The molecule has 0 amide bonds. The number of methoxy groups -OCH3 is 2. The first-order valence-electron chi connectivity index (χ1n) is 8.04. The number of rotatable bonds is 5. The first-order chi connectivity index (χ1) is 11.3. The lowest BCUT2D eigenvalue weighted by atomic mass is 10.0. The maximum atomic E-state index is 5.67. The summed E-state index contributed by atoms with van der Waals surface area (Å²) in [5, 5.41) is 5.62. The van der Waals surface area contributed by atoms with Gasteiger partial charge in [-0.3, -0.25) is 4.90 Å². The molecule has 1 N–H and O–H groups in total. The van der Waals surface area contributed by atoms with E-state index in [1.807, 2.05) is 18.2 Å². The highest BCUT2D eigenvalue weighted by Gasteiger charge is 2.29. The lowest BCUT2D eigenvalue weighted by Crippen LogP contribution is -2.33. The quantitative estimate of drug-likeness (QED) is 0.912. The maximum Gasteiger partial charge on any atom is 0.127 e. The largest absolute Gasteiger partial charge is 0.496 e. The Labute approximate surface area is 142 Å². The van der Waals surface area contributed by atoms with Gasteiger partial charge in [0.25, 0.3) is 0 Å². The minimum atomic E-state index is 0.168. The molecule has 124 valence electrons. The van der Waals surface area contributed by atoms with Crippen LogP contribution in [0.2, 0.25) is 0 Å². The summed E-state index contributed by atoms with van der Waals surface area (Å²) in [7, 11) is 3.46. The van der Waals surface area contributed by atoms with Crippen molar-refractivity contribution in [3.05, 3.63) is 46.2 Å². The molecule has 0 spiro atoms. The molecule has 0 radical (unpaired) electrons. The minimum Gasteiger partial charge on any atom is -0.496 e. The number of hydrogen-bond donors (Lipinski definition) is 1. The molecule has 0 saturated carbocycles. The zero-order valence-corrected chi connectivity index (χ0v) is 14.6. The second kappa shape index (κ2) is 7.81. The number of thiophene rings is 1. The molecule has 5 heteroatoms. The topological polar surface area (TPSA) is 33.7 Å². The molecule has 1 unspecified atom stereocenters. The monoisotopic (exact) mass is 332 g/mol. The molecular formula is C18H24N2O2S. The predicted molar refractivity (Wildman–Crippen MR) is 94.8 cm³/mol. The number of benzene rings is 1. The van der Waals surface area contributed by atoms with Gasteiger partial charge in [-0.15, -0.1) is 11.3 Å². The van der Waals surface area contributed by atoms with Crippen molar-refractivity contribution in [3.8, 4) is 11.5 Å². The first-order valence-corrected chi connectivity index (χ1v) is 8.92. The molecule has 1 fully saturated rings. The average Bonchev–Trinajstić information content (AvgIpc) is 2.98. The van der Waals surface area contributed by atoms with Crippen LogP contribution in [-0.4, -0.2) is 45.3 Å². The summed E-state index contributed by atoms with van der Waals surface area (Å²) >= 11 is 1.79. The van der Waals surface area contributed by atoms with Crippen LogP contribution < -0.4 is 14.8 Å². The third kappa shape index (κ3) is 3.52. The van der Waals surface area contributed by atoms with Crippen molar-refractivity contribution in [2.45, 2.75) is 12.5 Å². The predicted octanol–water partition coefficient (Wildman–Crippen LogP) is 3.15. The molecule has 2 aromatic rings. The van der Waals surface area contributed by atoms with Crippen molar-refractivity contribution in [1.82, 2.24) is 10.2 Å². The van der Waals surface area contributed by atoms with Gasteiger partial charge in [0.2, 0.25) is 0 Å². The van der Waals surface area contributed by atoms with Crippen LogP contribution >= 0.6 is 11.3 Å². The van der Waals surface area contributed by atoms with Gasteiger partial charge in [0, 0.05) is 24.5 Å². The van der Waals surface area contributed by atoms with Crippen molar-refractivity contribution in [3.63, 3.8) is 0 Å². The number of nitrogens with one attached hydrogen (secondary N) is 1. The van der Waals surface area contributed by atoms with Crippen LogP contribution in [0.15, 0.2) is 35.7 Å². The van der Waals surface area contributed by atoms with Crippen molar-refractivity contribution < 1.29 is 9.47 Å². The van der Waals surface area contributed by atoms with E-state index in [1.165, 1.54) is 4.88 Å². The molecule has 1 aliphatic heterocycles. The molecule has 1 aromatic heterocycles. The van der Waals surface area contributed by atoms with E-state index >= 15 is 0 Å². The number of ether oxygens (including phenoxy) is 2. The summed E-state index contributed by atoms with van der Waals surface area (Å²) < 4.78 is 11.3. The highest BCUT2D eigenvalue weighted by Crippen LogP contribution is 2.42. The van der Waals surface area contributed by atoms with Crippen LogP contribution in [0.1, 0.15) is 22.9 Å². The van der Waals surface area contributed by atoms with Gasteiger partial charge in [0.1, 0.15) is 11.5 Å². The van der Waals surface area contributed by atoms with Gasteiger partial charge in [-0.2, -0.15) is 0 Å². The van der Waals surface area contributed by atoms with E-state index in [9.17, 15) is 0 Å². The van der Waals surface area contributed by atoms with Gasteiger partial charge in [-0.1, -0.05) is 12.1 Å². The molecule has 0 bridgehead atoms. The Kier molecular flexibility index (Phi) is 5.54. The van der Waals surface area contributed by atoms with Crippen molar-refractivity contribution in [2.24, 2.45) is 0 Å². The summed E-state index contributed by atoms with van der Waals surface area (Å²) in [6, 6.07) is 10.5. The van der Waals surface area contributed by atoms with Crippen LogP contribution in [0.5, 0.6) is 11.5 Å². The fraction of sp³-hybridized carbons (Fsp3) is 0.444. The Morgan fingerprint density at radius 3 is 2.48 bits per heavy atom. The molecule has 0 aliphatic carbocycles. The number of hydrogen-bond acceptors (Lipinski definition) is 5. The second-order valence-corrected chi connectivity index (χ2v) is 6.61. The minimum absolute atomic E-state index is 0.168. The van der Waals surface area contributed by atoms with Gasteiger partial charge in [0.05, 0.1) is 25.8 Å². The Hall–Kier alpha value is -1.56. The Balaban J connectivity index is 2.08. The fourth-order valence-electron chi connectivity index (χ4n) is 3.23. The van der Waals surface area contributed by atoms with Crippen LogP contribution in [-0.2, 0) is 0 Å². The zero-order chi connectivity index (χ0) is 16.1. The molecule has 23 heavy (non-hydrogen) atoms. The van der Waals surface area contributed by atoms with Crippen LogP contribution in [0, 0.1) is 0 Å². The summed E-state index contributed by atoms with van der Waals surface area (Å²) in [6.45, 7) is 4.18. The Morgan fingerprint density at radius 1 is 1.04 bits per heavy atom. The molecule has 4 nitrogen and oxygen atoms in total. The first kappa shape index (κ1) is 16.3. The summed E-state index contributed by atoms with van der Waals surface area (Å²) in [4.78, 5) is 3.86. The highest BCUT2D eigenvalue weighted by atomic mass is 32.1. The van der Waals surface area contributed by atoms with Crippen LogP contribution in [0.3, 0.4) is 0 Å². The molecule has 1 atom stereocenters. The van der Waals surface area contributed by atoms with Gasteiger partial charge in [0.15, 0.2) is 0 Å². The third-order valence-corrected chi connectivity index (χ3v) is 5.22. The summed E-state index contributed by atoms with van der Waals surface area (Å²) in [6.07, 6.45) is 1.15. The van der Waals surface area contributed by atoms with Gasteiger partial charge in [-0.05, 0) is 36.5 Å². The average molecular weight is 332 g/mol. The lowest BCUT2D eigenvalue weighted by molar-refractivity contribution is 0.233. The normalized spacial score (nSPS) is 17.5. The fourth-order valence-corrected chi connectivity index (χ4v) is 4.09. The van der Waals surface area contributed by atoms with Crippen molar-refractivity contribution in [2.75, 3.05) is 40.4 Å². The third-order valence-electron chi connectivity index (χ3n) is 4.29. The summed E-state index contributed by atoms with van der Waals surface area (Å²) in [5.74, 6) is 1.78. The van der Waals surface area contributed by atoms with Gasteiger partial charge >= 0.3 is 0 Å². The summed E-state index contributed by atoms with van der Waals surface area (Å²) in [5.41, 5.74) is 1.13. The zero-order valence-electron chi connectivity index (χ0n) is 13.7. The van der Waals surface area contributed by atoms with E-state index in [4.69, 9.17) is 9.47 Å². The molecule has 1 aromatic carbocycles. The maximum absolute atomic E-state index is 5.67. The van der Waals surface area contributed by atoms with E-state index in [0.717, 1.165) is 49.7 Å². The Morgan fingerprint density at radius 2 is 1.83 bits per heavy atom. The molecule has 3 rings (SSSR count). The van der Waals surface area contributed by atoms with E-state index in [2.05, 4.69) is 27.7 Å². The van der Waals surface area contributed by atoms with Gasteiger partial charge < -0.3 is 14.8 Å². The van der Waals surface area contributed by atoms with E-state index < -0.39 is 0 Å². The number of nitrogens with zero attached hydrogens (tertiary/aromatic N) is 1. The molecule has 1 saturated heterocycles. The van der Waals surface area contributed by atoms with E-state index in [1.54, 1.807) is 25.6 Å². The molecule has 2 heterocycles. The van der Waals surface area contributed by atoms with Crippen molar-refractivity contribution >= 4 is 11.3 Å². The van der Waals surface area contributed by atoms with E-state index in [0.29, 0.717) is 0 Å². The molecular weight excluding hydrogens is 308 g/mol. The van der Waals surface area contributed by atoms with E-state index in [-0.39, 0.29) is 6.04 Å². The standard InChI is InChI=1S/C18H24N2O2S/c1-21-14-6-3-7-15(22-2)17(14)18(16-8-4-13-23-16)20-11-5-9-19-10-12-20/h3-4,6-8,13,18-19H,5,9-12H2,1-2H3. The van der Waals surface area contributed by atoms with Gasteiger partial charge in [-0.25, -0.2) is 0 Å². The SMILES string of the molecule is COc1cccc(OC)c1C(c1cccs1)N1CCCNCC1. The lowest BCUT2D eigenvalue weighted by Gasteiger charge is -2.32. The molecule has 1 aliphatic rings. The smallest absolute Gasteiger partial charge is 0.127 e.